The number of nitrogens with zero attached hydrogens (tertiary/aromatic N) is 1. The predicted octanol–water partition coefficient (Wildman–Crippen LogP) is 2.60. The number of rotatable bonds is 5. The maximum absolute atomic E-state index is 5.67. The average Bonchev–Trinajstić information content (AvgIpc) is 2.45. The second kappa shape index (κ2) is 6.65. The van der Waals surface area contributed by atoms with E-state index in [0.717, 1.165) is 16.5 Å². The minimum absolute atomic E-state index is 0.0436. The average molecular weight is 322 g/mol. The number of hydrogen-bond acceptors (Lipinski definition) is 4. The fourth-order valence-electron chi connectivity index (χ4n) is 2.00. The number of nitrogens with two attached hydrogens (primary N) is 1. The first-order valence-electron chi connectivity index (χ1n) is 5.94. The van der Waals surface area contributed by atoms with Gasteiger partial charge in [-0.2, -0.15) is 0 Å². The maximum Gasteiger partial charge on any atom is 0.217 e. The Balaban J connectivity index is 2.25. The Hall–Kier alpha value is -1.43. The Morgan fingerprint density at radius 2 is 2.21 bits per heavy atom. The van der Waals surface area contributed by atoms with Crippen LogP contribution in [0.2, 0.25) is 0 Å². The predicted molar refractivity (Wildman–Crippen MR) is 78.7 cm³/mol. The summed E-state index contributed by atoms with van der Waals surface area (Å²) >= 11 is 3.47. The lowest BCUT2D eigenvalue weighted by Crippen LogP contribution is -2.30. The van der Waals surface area contributed by atoms with E-state index in [0.29, 0.717) is 5.88 Å². The van der Waals surface area contributed by atoms with Gasteiger partial charge in [-0.15, -0.1) is 0 Å². The van der Waals surface area contributed by atoms with Gasteiger partial charge in [0.05, 0.1) is 13.2 Å². The van der Waals surface area contributed by atoms with E-state index in [1.165, 1.54) is 5.56 Å². The van der Waals surface area contributed by atoms with E-state index in [2.05, 4.69) is 38.5 Å². The van der Waals surface area contributed by atoms with E-state index < -0.39 is 0 Å². The lowest BCUT2D eigenvalue weighted by Gasteiger charge is -2.18. The van der Waals surface area contributed by atoms with Crippen molar-refractivity contribution in [1.82, 2.24) is 10.4 Å². The van der Waals surface area contributed by atoms with Crippen LogP contribution in [0.25, 0.3) is 0 Å². The molecule has 19 heavy (non-hydrogen) atoms. The first-order chi connectivity index (χ1) is 9.24. The maximum atomic E-state index is 5.67. The summed E-state index contributed by atoms with van der Waals surface area (Å²) in [5, 5.41) is 0. The van der Waals surface area contributed by atoms with Crippen LogP contribution < -0.4 is 16.0 Å². The highest BCUT2D eigenvalue weighted by Crippen LogP contribution is 2.25. The summed E-state index contributed by atoms with van der Waals surface area (Å²) in [6.07, 6.45) is 2.47. The zero-order valence-electron chi connectivity index (χ0n) is 10.6. The lowest BCUT2D eigenvalue weighted by atomic mass is 10.0. The quantitative estimate of drug-likeness (QED) is 0.656. The zero-order chi connectivity index (χ0) is 13.7. The molecule has 0 amide bonds. The van der Waals surface area contributed by atoms with Crippen LogP contribution >= 0.6 is 15.9 Å². The second-order valence-electron chi connectivity index (χ2n) is 4.16. The largest absolute Gasteiger partial charge is 0.481 e. The molecular formula is C14H16BrN3O. The molecular weight excluding hydrogens is 306 g/mol. The van der Waals surface area contributed by atoms with E-state index >= 15 is 0 Å². The topological polar surface area (TPSA) is 60.2 Å². The molecule has 100 valence electrons. The summed E-state index contributed by atoms with van der Waals surface area (Å²) < 4.78 is 6.33. The molecule has 0 fully saturated rings. The molecule has 0 saturated carbocycles. The van der Waals surface area contributed by atoms with Gasteiger partial charge in [-0.25, -0.2) is 4.98 Å². The summed E-state index contributed by atoms with van der Waals surface area (Å²) in [6, 6.07) is 12.0. The minimum atomic E-state index is -0.0436. The number of nitrogens with one attached hydrogen (secondary N) is 1. The fourth-order valence-corrected chi connectivity index (χ4v) is 2.44. The van der Waals surface area contributed by atoms with Crippen molar-refractivity contribution >= 4 is 15.9 Å². The number of aromatic nitrogens is 1. The van der Waals surface area contributed by atoms with Crippen molar-refractivity contribution in [2.75, 3.05) is 7.11 Å². The number of halogens is 1. The van der Waals surface area contributed by atoms with Crippen molar-refractivity contribution in [3.63, 3.8) is 0 Å². The number of pyridine rings is 1. The molecule has 1 aromatic heterocycles. The van der Waals surface area contributed by atoms with Gasteiger partial charge in [0.1, 0.15) is 0 Å². The van der Waals surface area contributed by atoms with Crippen LogP contribution in [0.5, 0.6) is 5.88 Å². The van der Waals surface area contributed by atoms with Crippen LogP contribution in [0.4, 0.5) is 0 Å². The smallest absolute Gasteiger partial charge is 0.217 e. The summed E-state index contributed by atoms with van der Waals surface area (Å²) in [7, 11) is 1.61. The van der Waals surface area contributed by atoms with E-state index in [1.807, 2.05) is 24.3 Å². The molecule has 3 N–H and O–H groups in total. The highest BCUT2D eigenvalue weighted by molar-refractivity contribution is 9.10. The lowest BCUT2D eigenvalue weighted by molar-refractivity contribution is 0.382. The molecule has 0 aliphatic rings. The summed E-state index contributed by atoms with van der Waals surface area (Å²) in [5.74, 6) is 6.27. The number of benzene rings is 1. The number of hydrazine groups is 1. The van der Waals surface area contributed by atoms with Crippen LogP contribution in [-0.4, -0.2) is 12.1 Å². The van der Waals surface area contributed by atoms with Crippen LogP contribution in [0, 0.1) is 0 Å². The molecule has 1 heterocycles. The molecule has 0 radical (unpaired) electrons. The van der Waals surface area contributed by atoms with E-state index in [9.17, 15) is 0 Å². The Kier molecular flexibility index (Phi) is 4.90. The van der Waals surface area contributed by atoms with Crippen molar-refractivity contribution in [3.05, 3.63) is 58.2 Å². The van der Waals surface area contributed by atoms with Crippen LogP contribution in [0.1, 0.15) is 17.2 Å². The standard InChI is InChI=1S/C14H16BrN3O/c1-19-14-12(6-3-7-17-14)13(18-16)9-10-4-2-5-11(15)8-10/h2-8,13,18H,9,16H2,1H3. The Morgan fingerprint density at radius 1 is 1.37 bits per heavy atom. The number of ether oxygens (including phenoxy) is 1. The molecule has 2 rings (SSSR count). The molecule has 1 unspecified atom stereocenters. The molecule has 1 atom stereocenters. The Morgan fingerprint density at radius 3 is 2.89 bits per heavy atom. The van der Waals surface area contributed by atoms with Crippen LogP contribution in [0.3, 0.4) is 0 Å². The number of methoxy groups -OCH3 is 1. The third-order valence-electron chi connectivity index (χ3n) is 2.90. The summed E-state index contributed by atoms with van der Waals surface area (Å²) in [5.41, 5.74) is 4.96. The first-order valence-corrected chi connectivity index (χ1v) is 6.73. The molecule has 0 spiro atoms. The fraction of sp³-hybridized carbons (Fsp3) is 0.214. The summed E-state index contributed by atoms with van der Waals surface area (Å²) in [6.45, 7) is 0. The molecule has 0 aliphatic heterocycles. The highest BCUT2D eigenvalue weighted by atomic mass is 79.9. The molecule has 4 nitrogen and oxygen atoms in total. The van der Waals surface area contributed by atoms with Gasteiger partial charge in [-0.05, 0) is 30.2 Å². The molecule has 0 aliphatic carbocycles. The highest BCUT2D eigenvalue weighted by Gasteiger charge is 2.16. The van der Waals surface area contributed by atoms with Crippen molar-refractivity contribution in [3.8, 4) is 5.88 Å². The molecule has 5 heteroatoms. The molecule has 1 aromatic carbocycles. The zero-order valence-corrected chi connectivity index (χ0v) is 12.2. The van der Waals surface area contributed by atoms with E-state index in [-0.39, 0.29) is 6.04 Å². The SMILES string of the molecule is COc1ncccc1C(Cc1cccc(Br)c1)NN. The van der Waals surface area contributed by atoms with Crippen LogP contribution in [0.15, 0.2) is 47.1 Å². The van der Waals surface area contributed by atoms with Crippen molar-refractivity contribution in [2.45, 2.75) is 12.5 Å². The minimum Gasteiger partial charge on any atom is -0.481 e. The van der Waals surface area contributed by atoms with Gasteiger partial charge in [0, 0.05) is 16.2 Å². The van der Waals surface area contributed by atoms with Crippen molar-refractivity contribution in [2.24, 2.45) is 5.84 Å². The second-order valence-corrected chi connectivity index (χ2v) is 5.07. The third-order valence-corrected chi connectivity index (χ3v) is 3.39. The van der Waals surface area contributed by atoms with Gasteiger partial charge in [0.15, 0.2) is 0 Å². The first kappa shape index (κ1) is 14.0. The van der Waals surface area contributed by atoms with Gasteiger partial charge in [0.25, 0.3) is 0 Å². The number of hydrogen-bond donors (Lipinski definition) is 2. The van der Waals surface area contributed by atoms with Crippen molar-refractivity contribution < 1.29 is 4.74 Å². The van der Waals surface area contributed by atoms with Gasteiger partial charge >= 0.3 is 0 Å². The van der Waals surface area contributed by atoms with Crippen molar-refractivity contribution in [1.29, 1.82) is 0 Å². The van der Waals surface area contributed by atoms with Crippen LogP contribution in [-0.2, 0) is 6.42 Å². The summed E-state index contributed by atoms with van der Waals surface area (Å²) in [4.78, 5) is 4.20. The van der Waals surface area contributed by atoms with E-state index in [1.54, 1.807) is 13.3 Å². The normalized spacial score (nSPS) is 12.2. The molecule has 0 saturated heterocycles. The van der Waals surface area contributed by atoms with Gasteiger partial charge < -0.3 is 4.74 Å². The monoisotopic (exact) mass is 321 g/mol. The van der Waals surface area contributed by atoms with E-state index in [4.69, 9.17) is 10.6 Å². The van der Waals surface area contributed by atoms with Gasteiger partial charge in [0.2, 0.25) is 5.88 Å². The third kappa shape index (κ3) is 3.53. The Labute approximate surface area is 121 Å². The molecule has 2 aromatic rings. The Bertz CT molecular complexity index is 548. The molecule has 0 bridgehead atoms. The van der Waals surface area contributed by atoms with Gasteiger partial charge in [-0.1, -0.05) is 34.1 Å². The van der Waals surface area contributed by atoms with Gasteiger partial charge in [-0.3, -0.25) is 11.3 Å².